The largest absolute Gasteiger partial charge is 0.447 e. The minimum atomic E-state index is -1.24. The summed E-state index contributed by atoms with van der Waals surface area (Å²) in [5, 5.41) is 0. The minimum absolute atomic E-state index is 0.275. The van der Waals surface area contributed by atoms with Crippen molar-refractivity contribution in [3.63, 3.8) is 0 Å². The third-order valence-electron chi connectivity index (χ3n) is 0.744. The van der Waals surface area contributed by atoms with Crippen LogP contribution in [0.5, 0.6) is 6.01 Å². The SMILES string of the molecule is Fc1nc(F)nc(OCCl)n1. The van der Waals surface area contributed by atoms with Crippen molar-refractivity contribution in [1.29, 1.82) is 0 Å². The summed E-state index contributed by atoms with van der Waals surface area (Å²) in [6.45, 7) is 0. The lowest BCUT2D eigenvalue weighted by Crippen LogP contribution is -2.02. The van der Waals surface area contributed by atoms with Gasteiger partial charge in [-0.25, -0.2) is 0 Å². The number of nitrogens with zero attached hydrogens (tertiary/aromatic N) is 3. The first-order valence-electron chi connectivity index (χ1n) is 2.48. The molecule has 1 aromatic heterocycles. The number of alkyl halides is 1. The Balaban J connectivity index is 2.89. The molecule has 0 atom stereocenters. The van der Waals surface area contributed by atoms with Crippen molar-refractivity contribution in [2.45, 2.75) is 0 Å². The number of halogens is 3. The van der Waals surface area contributed by atoms with Crippen molar-refractivity contribution >= 4 is 11.6 Å². The van der Waals surface area contributed by atoms with Crippen LogP contribution in [0.15, 0.2) is 0 Å². The van der Waals surface area contributed by atoms with Gasteiger partial charge in [-0.2, -0.15) is 13.8 Å². The summed E-state index contributed by atoms with van der Waals surface area (Å²) >= 11 is 5.07. The summed E-state index contributed by atoms with van der Waals surface area (Å²) in [7, 11) is 0. The molecule has 0 aliphatic heterocycles. The standard InChI is InChI=1S/C4H2ClF2N3O/c5-1-11-4-9-2(6)8-3(7)10-4/h1H2. The Morgan fingerprint density at radius 3 is 2.18 bits per heavy atom. The predicted molar refractivity (Wildman–Crippen MR) is 31.1 cm³/mol. The third-order valence-corrected chi connectivity index (χ3v) is 0.853. The van der Waals surface area contributed by atoms with Crippen LogP contribution in [0.25, 0.3) is 0 Å². The molecule has 0 spiro atoms. The maximum absolute atomic E-state index is 12.1. The smallest absolute Gasteiger partial charge is 0.325 e. The number of hydrogen-bond acceptors (Lipinski definition) is 4. The van der Waals surface area contributed by atoms with Crippen LogP contribution in [-0.4, -0.2) is 21.0 Å². The van der Waals surface area contributed by atoms with E-state index < -0.39 is 18.2 Å². The van der Waals surface area contributed by atoms with Gasteiger partial charge in [0.25, 0.3) is 0 Å². The lowest BCUT2D eigenvalue weighted by atomic mass is 11.0. The molecule has 0 saturated carbocycles. The number of hydrogen-bond donors (Lipinski definition) is 0. The van der Waals surface area contributed by atoms with Gasteiger partial charge in [0.15, 0.2) is 6.07 Å². The third kappa shape index (κ3) is 2.23. The summed E-state index contributed by atoms with van der Waals surface area (Å²) in [5.41, 5.74) is 0. The molecule has 11 heavy (non-hydrogen) atoms. The Bertz CT molecular complexity index is 239. The molecular formula is C4H2ClF2N3O. The van der Waals surface area contributed by atoms with Gasteiger partial charge in [0.05, 0.1) is 0 Å². The Kier molecular flexibility index (Phi) is 2.48. The molecule has 0 bridgehead atoms. The van der Waals surface area contributed by atoms with Gasteiger partial charge in [-0.05, 0) is 0 Å². The van der Waals surface area contributed by atoms with Crippen LogP contribution in [0.4, 0.5) is 8.78 Å². The van der Waals surface area contributed by atoms with E-state index in [9.17, 15) is 8.78 Å². The molecule has 1 rings (SSSR count). The fraction of sp³-hybridized carbons (Fsp3) is 0.250. The quantitative estimate of drug-likeness (QED) is 0.631. The first-order chi connectivity index (χ1) is 5.22. The summed E-state index contributed by atoms with van der Waals surface area (Å²) < 4.78 is 28.6. The molecule has 0 N–H and O–H groups in total. The predicted octanol–water partition coefficient (Wildman–Crippen LogP) is 0.725. The molecule has 0 aliphatic rings. The second-order valence-corrected chi connectivity index (χ2v) is 1.63. The van der Waals surface area contributed by atoms with Gasteiger partial charge in [0.2, 0.25) is 0 Å². The second kappa shape index (κ2) is 3.38. The van der Waals surface area contributed by atoms with E-state index in [4.69, 9.17) is 11.6 Å². The van der Waals surface area contributed by atoms with Gasteiger partial charge in [0.1, 0.15) is 0 Å². The molecule has 0 unspecified atom stereocenters. The normalized spacial score (nSPS) is 9.73. The van der Waals surface area contributed by atoms with E-state index in [2.05, 4.69) is 19.7 Å². The highest BCUT2D eigenvalue weighted by atomic mass is 35.5. The lowest BCUT2D eigenvalue weighted by molar-refractivity contribution is 0.323. The molecule has 0 fully saturated rings. The maximum Gasteiger partial charge on any atom is 0.325 e. The number of ether oxygens (including phenoxy) is 1. The molecule has 1 heterocycles. The highest BCUT2D eigenvalue weighted by molar-refractivity contribution is 6.17. The molecule has 60 valence electrons. The van der Waals surface area contributed by atoms with Gasteiger partial charge >= 0.3 is 18.2 Å². The van der Waals surface area contributed by atoms with Crippen LogP contribution in [0.1, 0.15) is 0 Å². The first kappa shape index (κ1) is 8.06. The van der Waals surface area contributed by atoms with E-state index in [0.29, 0.717) is 0 Å². The van der Waals surface area contributed by atoms with E-state index in [1.807, 2.05) is 0 Å². The van der Waals surface area contributed by atoms with Crippen LogP contribution in [-0.2, 0) is 0 Å². The van der Waals surface area contributed by atoms with E-state index in [1.54, 1.807) is 0 Å². The molecule has 0 aromatic carbocycles. The molecule has 4 nitrogen and oxygen atoms in total. The molecule has 0 saturated heterocycles. The zero-order valence-electron chi connectivity index (χ0n) is 5.09. The van der Waals surface area contributed by atoms with Crippen LogP contribution in [0.2, 0.25) is 0 Å². The summed E-state index contributed by atoms with van der Waals surface area (Å²) in [6, 6.07) is -0.742. The fourth-order valence-corrected chi connectivity index (χ4v) is 0.520. The molecular weight excluding hydrogens is 180 g/mol. The number of rotatable bonds is 2. The van der Waals surface area contributed by atoms with Gasteiger partial charge in [-0.3, -0.25) is 0 Å². The summed E-state index contributed by atoms with van der Waals surface area (Å²) in [6.07, 6.45) is -2.48. The highest BCUT2D eigenvalue weighted by Gasteiger charge is 2.04. The number of aromatic nitrogens is 3. The van der Waals surface area contributed by atoms with Crippen molar-refractivity contribution < 1.29 is 13.5 Å². The van der Waals surface area contributed by atoms with E-state index in [1.165, 1.54) is 0 Å². The minimum Gasteiger partial charge on any atom is -0.447 e. The Hall–Kier alpha value is -1.04. The van der Waals surface area contributed by atoms with Crippen molar-refractivity contribution in [3.8, 4) is 6.01 Å². The second-order valence-electron chi connectivity index (χ2n) is 1.41. The van der Waals surface area contributed by atoms with E-state index in [0.717, 1.165) is 0 Å². The van der Waals surface area contributed by atoms with Crippen LogP contribution < -0.4 is 4.74 Å². The zero-order valence-corrected chi connectivity index (χ0v) is 5.85. The van der Waals surface area contributed by atoms with Crippen molar-refractivity contribution in [2.75, 3.05) is 6.07 Å². The molecule has 0 amide bonds. The lowest BCUT2D eigenvalue weighted by Gasteiger charge is -1.96. The highest BCUT2D eigenvalue weighted by Crippen LogP contribution is 2.01. The molecule has 1 aromatic rings. The molecule has 0 aliphatic carbocycles. The van der Waals surface area contributed by atoms with E-state index in [-0.39, 0.29) is 6.07 Å². The van der Waals surface area contributed by atoms with Crippen LogP contribution >= 0.6 is 11.6 Å². The first-order valence-corrected chi connectivity index (χ1v) is 3.01. The maximum atomic E-state index is 12.1. The zero-order chi connectivity index (χ0) is 8.27. The average molecular weight is 182 g/mol. The average Bonchev–Trinajstić information content (AvgIpc) is 1.85. The monoisotopic (exact) mass is 181 g/mol. The van der Waals surface area contributed by atoms with E-state index >= 15 is 0 Å². The van der Waals surface area contributed by atoms with Crippen molar-refractivity contribution in [1.82, 2.24) is 15.0 Å². The van der Waals surface area contributed by atoms with Crippen molar-refractivity contribution in [2.24, 2.45) is 0 Å². The topological polar surface area (TPSA) is 47.9 Å². The summed E-state index contributed by atoms with van der Waals surface area (Å²) in [4.78, 5) is 8.61. The van der Waals surface area contributed by atoms with Gasteiger partial charge in [0, 0.05) is 0 Å². The van der Waals surface area contributed by atoms with Gasteiger partial charge in [-0.15, -0.1) is 9.97 Å². The molecule has 7 heteroatoms. The Morgan fingerprint density at radius 1 is 1.18 bits per heavy atom. The van der Waals surface area contributed by atoms with Crippen LogP contribution in [0.3, 0.4) is 0 Å². The van der Waals surface area contributed by atoms with Crippen LogP contribution in [0, 0.1) is 12.2 Å². The fourth-order valence-electron chi connectivity index (χ4n) is 0.422. The van der Waals surface area contributed by atoms with Gasteiger partial charge < -0.3 is 4.74 Å². The Labute approximate surface area is 65.2 Å². The Morgan fingerprint density at radius 2 is 1.73 bits per heavy atom. The van der Waals surface area contributed by atoms with Gasteiger partial charge in [-0.1, -0.05) is 11.6 Å². The van der Waals surface area contributed by atoms with Crippen molar-refractivity contribution in [3.05, 3.63) is 12.2 Å². The molecule has 0 radical (unpaired) electrons. The summed E-state index contributed by atoms with van der Waals surface area (Å²) in [5.74, 6) is 0.